The number of hydrogen-bond donors (Lipinski definition) is 2. The summed E-state index contributed by atoms with van der Waals surface area (Å²) in [5.41, 5.74) is 2.53. The van der Waals surface area contributed by atoms with E-state index in [1.807, 2.05) is 24.3 Å². The minimum absolute atomic E-state index is 0.168. The lowest BCUT2D eigenvalue weighted by molar-refractivity contribution is -0.129. The van der Waals surface area contributed by atoms with Crippen LogP contribution >= 0.6 is 0 Å². The van der Waals surface area contributed by atoms with Gasteiger partial charge in [-0.15, -0.1) is 0 Å². The van der Waals surface area contributed by atoms with E-state index in [-0.39, 0.29) is 12.5 Å². The predicted octanol–water partition coefficient (Wildman–Crippen LogP) is 3.79. The second-order valence-corrected chi connectivity index (χ2v) is 10.3. The molecule has 174 valence electrons. The van der Waals surface area contributed by atoms with Gasteiger partial charge in [-0.2, -0.15) is 8.42 Å². The van der Waals surface area contributed by atoms with Crippen LogP contribution in [0.1, 0.15) is 44.1 Å². The highest BCUT2D eigenvalue weighted by Gasteiger charge is 2.20. The molecule has 0 spiro atoms. The van der Waals surface area contributed by atoms with E-state index in [0.717, 1.165) is 16.7 Å². The maximum atomic E-state index is 12.3. The standard InChI is InChI=1S/C23H30N2O6S/c1-16(32(28,29)30)18-9-11-19(12-10-18)20-8-6-7-17(13-20)15-25(5)21(26)14-24-22(27)31-23(2,3)4/h6-13,16H,14-15H2,1-5H3,(H,24,27)(H,28,29,30). The lowest BCUT2D eigenvalue weighted by atomic mass is 10.0. The zero-order chi connectivity index (χ0) is 24.1. The number of carbonyl (C=O) groups is 2. The Kier molecular flexibility index (Phi) is 8.03. The molecule has 0 saturated heterocycles. The molecule has 8 nitrogen and oxygen atoms in total. The van der Waals surface area contributed by atoms with Gasteiger partial charge in [-0.1, -0.05) is 42.5 Å². The zero-order valence-corrected chi connectivity index (χ0v) is 19.8. The number of amides is 2. The largest absolute Gasteiger partial charge is 0.444 e. The molecule has 0 fully saturated rings. The molecule has 2 N–H and O–H groups in total. The second kappa shape index (κ2) is 10.1. The quantitative estimate of drug-likeness (QED) is 0.606. The maximum absolute atomic E-state index is 12.3. The van der Waals surface area contributed by atoms with Gasteiger partial charge < -0.3 is 15.0 Å². The topological polar surface area (TPSA) is 113 Å². The Labute approximate surface area is 189 Å². The first-order valence-electron chi connectivity index (χ1n) is 10.1. The number of nitrogens with one attached hydrogen (secondary N) is 1. The molecule has 9 heteroatoms. The Hall–Kier alpha value is -2.91. The van der Waals surface area contributed by atoms with E-state index in [1.165, 1.54) is 11.8 Å². The molecule has 2 aromatic carbocycles. The zero-order valence-electron chi connectivity index (χ0n) is 19.0. The number of ether oxygens (including phenoxy) is 1. The van der Waals surface area contributed by atoms with Crippen LogP contribution in [0, 0.1) is 0 Å². The van der Waals surface area contributed by atoms with Crippen LogP contribution in [0.3, 0.4) is 0 Å². The van der Waals surface area contributed by atoms with Gasteiger partial charge in [-0.3, -0.25) is 9.35 Å². The fourth-order valence-corrected chi connectivity index (χ4v) is 3.43. The van der Waals surface area contributed by atoms with E-state index in [2.05, 4.69) is 5.32 Å². The summed E-state index contributed by atoms with van der Waals surface area (Å²) in [7, 11) is -2.50. The van der Waals surface area contributed by atoms with Crippen LogP contribution < -0.4 is 5.32 Å². The van der Waals surface area contributed by atoms with Crippen LogP contribution in [-0.2, 0) is 26.2 Å². The Bertz CT molecular complexity index is 1060. The van der Waals surface area contributed by atoms with Crippen molar-refractivity contribution in [3.05, 3.63) is 59.7 Å². The van der Waals surface area contributed by atoms with Gasteiger partial charge in [0, 0.05) is 13.6 Å². The molecule has 0 aliphatic heterocycles. The van der Waals surface area contributed by atoms with Crippen molar-refractivity contribution in [1.82, 2.24) is 10.2 Å². The molecular weight excluding hydrogens is 432 g/mol. The molecule has 0 saturated carbocycles. The van der Waals surface area contributed by atoms with Gasteiger partial charge >= 0.3 is 6.09 Å². The summed E-state index contributed by atoms with van der Waals surface area (Å²) in [5.74, 6) is -0.259. The van der Waals surface area contributed by atoms with Crippen LogP contribution in [0.4, 0.5) is 4.79 Å². The molecule has 1 unspecified atom stereocenters. The highest BCUT2D eigenvalue weighted by atomic mass is 32.2. The van der Waals surface area contributed by atoms with E-state index in [9.17, 15) is 22.6 Å². The van der Waals surface area contributed by atoms with E-state index in [1.54, 1.807) is 52.1 Å². The summed E-state index contributed by atoms with van der Waals surface area (Å²) in [6.45, 7) is 6.84. The molecule has 0 aromatic heterocycles. The molecule has 0 aliphatic carbocycles. The molecule has 2 aromatic rings. The van der Waals surface area contributed by atoms with Crippen molar-refractivity contribution < 1.29 is 27.3 Å². The Morgan fingerprint density at radius 3 is 2.28 bits per heavy atom. The molecule has 2 amide bonds. The van der Waals surface area contributed by atoms with Gasteiger partial charge in [-0.25, -0.2) is 4.79 Å². The van der Waals surface area contributed by atoms with Gasteiger partial charge in [0.05, 0.1) is 0 Å². The van der Waals surface area contributed by atoms with E-state index >= 15 is 0 Å². The molecule has 0 heterocycles. The number of benzene rings is 2. The molecular formula is C23H30N2O6S. The summed E-state index contributed by atoms with van der Waals surface area (Å²) in [6.07, 6.45) is -0.645. The highest BCUT2D eigenvalue weighted by Crippen LogP contribution is 2.26. The SMILES string of the molecule is CC(c1ccc(-c2cccc(CN(C)C(=O)CNC(=O)OC(C)(C)C)c2)cc1)S(=O)(=O)O. The summed E-state index contributed by atoms with van der Waals surface area (Å²) < 4.78 is 37.0. The lowest BCUT2D eigenvalue weighted by Gasteiger charge is -2.21. The van der Waals surface area contributed by atoms with E-state index in [0.29, 0.717) is 12.1 Å². The Morgan fingerprint density at radius 2 is 1.72 bits per heavy atom. The minimum Gasteiger partial charge on any atom is -0.444 e. The fourth-order valence-electron chi connectivity index (χ4n) is 2.93. The maximum Gasteiger partial charge on any atom is 0.408 e. The number of carbonyl (C=O) groups excluding carboxylic acids is 2. The molecule has 1 atom stereocenters. The third-order valence-corrected chi connectivity index (χ3v) is 5.88. The molecule has 0 radical (unpaired) electrons. The molecule has 0 aliphatic rings. The van der Waals surface area contributed by atoms with Crippen molar-refractivity contribution in [2.45, 2.75) is 45.1 Å². The summed E-state index contributed by atoms with van der Waals surface area (Å²) >= 11 is 0. The van der Waals surface area contributed by atoms with Crippen LogP contribution in [0.5, 0.6) is 0 Å². The highest BCUT2D eigenvalue weighted by molar-refractivity contribution is 7.86. The van der Waals surface area contributed by atoms with Crippen molar-refractivity contribution in [2.75, 3.05) is 13.6 Å². The van der Waals surface area contributed by atoms with Crippen LogP contribution in [-0.4, -0.2) is 49.1 Å². The average Bonchev–Trinajstić information content (AvgIpc) is 2.69. The van der Waals surface area contributed by atoms with E-state index in [4.69, 9.17) is 4.74 Å². The smallest absolute Gasteiger partial charge is 0.408 e. The van der Waals surface area contributed by atoms with Crippen LogP contribution in [0.25, 0.3) is 11.1 Å². The Morgan fingerprint density at radius 1 is 1.09 bits per heavy atom. The number of hydrogen-bond acceptors (Lipinski definition) is 5. The van der Waals surface area contributed by atoms with Gasteiger partial charge in [0.15, 0.2) is 0 Å². The van der Waals surface area contributed by atoms with Gasteiger partial charge in [-0.05, 0) is 56.0 Å². The van der Waals surface area contributed by atoms with Gasteiger partial charge in [0.1, 0.15) is 17.4 Å². The summed E-state index contributed by atoms with van der Waals surface area (Å²) in [5, 5.41) is 1.45. The van der Waals surface area contributed by atoms with Crippen molar-refractivity contribution in [3.8, 4) is 11.1 Å². The monoisotopic (exact) mass is 462 g/mol. The first kappa shape index (κ1) is 25.4. The number of nitrogens with zero attached hydrogens (tertiary/aromatic N) is 1. The predicted molar refractivity (Wildman–Crippen MR) is 123 cm³/mol. The summed E-state index contributed by atoms with van der Waals surface area (Å²) in [6, 6.07) is 14.5. The average molecular weight is 463 g/mol. The summed E-state index contributed by atoms with van der Waals surface area (Å²) in [4.78, 5) is 25.6. The minimum atomic E-state index is -4.15. The van der Waals surface area contributed by atoms with Crippen molar-refractivity contribution in [1.29, 1.82) is 0 Å². The first-order valence-corrected chi connectivity index (χ1v) is 11.6. The van der Waals surface area contributed by atoms with Crippen molar-refractivity contribution >= 4 is 22.1 Å². The normalized spacial score (nSPS) is 12.7. The lowest BCUT2D eigenvalue weighted by Crippen LogP contribution is -2.40. The van der Waals surface area contributed by atoms with Gasteiger partial charge in [0.2, 0.25) is 5.91 Å². The number of alkyl carbamates (subject to hydrolysis) is 1. The third kappa shape index (κ3) is 7.65. The molecule has 32 heavy (non-hydrogen) atoms. The number of rotatable bonds is 7. The van der Waals surface area contributed by atoms with E-state index < -0.39 is 27.1 Å². The van der Waals surface area contributed by atoms with Crippen molar-refractivity contribution in [2.24, 2.45) is 0 Å². The third-order valence-electron chi connectivity index (χ3n) is 4.72. The van der Waals surface area contributed by atoms with Crippen LogP contribution in [0.2, 0.25) is 0 Å². The molecule has 0 bridgehead atoms. The fraction of sp³-hybridized carbons (Fsp3) is 0.391. The number of likely N-dealkylation sites (N-methyl/N-ethyl adjacent to an activating group) is 1. The first-order chi connectivity index (χ1) is 14.8. The Balaban J connectivity index is 2.02. The molecule has 2 rings (SSSR count). The van der Waals surface area contributed by atoms with Crippen LogP contribution in [0.15, 0.2) is 48.5 Å². The second-order valence-electron chi connectivity index (χ2n) is 8.58. The van der Waals surface area contributed by atoms with Crippen molar-refractivity contribution in [3.63, 3.8) is 0 Å². The van der Waals surface area contributed by atoms with Gasteiger partial charge in [0.25, 0.3) is 10.1 Å².